The van der Waals surface area contributed by atoms with Crippen LogP contribution in [0.1, 0.15) is 39.2 Å². The summed E-state index contributed by atoms with van der Waals surface area (Å²) in [5.41, 5.74) is -0.0580. The van der Waals surface area contributed by atoms with E-state index in [0.717, 1.165) is 12.8 Å². The normalized spacial score (nSPS) is 14.6. The van der Waals surface area contributed by atoms with Crippen LogP contribution >= 0.6 is 0 Å². The summed E-state index contributed by atoms with van der Waals surface area (Å²) in [5.74, 6) is 0.490. The molecular weight excluding hydrogens is 228 g/mol. The first kappa shape index (κ1) is 12.6. The van der Waals surface area contributed by atoms with Crippen LogP contribution in [0.5, 0.6) is 0 Å². The van der Waals surface area contributed by atoms with Gasteiger partial charge in [0.2, 0.25) is 0 Å². The van der Waals surface area contributed by atoms with Crippen molar-refractivity contribution in [2.75, 3.05) is 11.4 Å². The van der Waals surface area contributed by atoms with Crippen LogP contribution < -0.4 is 10.5 Å². The average molecular weight is 246 g/mol. The number of rotatable bonds is 5. The van der Waals surface area contributed by atoms with Gasteiger partial charge in [0.1, 0.15) is 0 Å². The zero-order chi connectivity index (χ0) is 13.1. The number of hydrogen-bond acceptors (Lipinski definition) is 4. The number of anilines is 1. The number of hydrogen-bond donors (Lipinski definition) is 0. The van der Waals surface area contributed by atoms with Gasteiger partial charge in [-0.3, -0.25) is 4.79 Å². The lowest BCUT2D eigenvalue weighted by Gasteiger charge is -2.22. The summed E-state index contributed by atoms with van der Waals surface area (Å²) in [7, 11) is 0. The summed E-state index contributed by atoms with van der Waals surface area (Å²) >= 11 is 0. The molecule has 96 valence electrons. The molecule has 1 saturated carbocycles. The number of nitrogens with zero attached hydrogens (tertiary/aromatic N) is 4. The maximum absolute atomic E-state index is 12.3. The largest absolute Gasteiger partial charge is 0.348 e. The highest BCUT2D eigenvalue weighted by Crippen LogP contribution is 2.29. The standard InChI is InChI=1S/C13H18N4O/c1-10(2)16-9-7-15-12(13(16)18)17(8-3-6-14)11-4-5-11/h7,9-11H,3-5,8H2,1-2H3. The predicted octanol–water partition coefficient (Wildman–Crippen LogP) is 1.71. The fourth-order valence-electron chi connectivity index (χ4n) is 2.04. The van der Waals surface area contributed by atoms with Crippen molar-refractivity contribution >= 4 is 5.82 Å². The molecule has 0 bridgehead atoms. The molecule has 0 N–H and O–H groups in total. The van der Waals surface area contributed by atoms with Crippen LogP contribution in [-0.4, -0.2) is 22.1 Å². The van der Waals surface area contributed by atoms with Crippen LogP contribution in [0.4, 0.5) is 5.82 Å². The van der Waals surface area contributed by atoms with Gasteiger partial charge in [0, 0.05) is 31.0 Å². The number of nitriles is 1. The molecule has 0 unspecified atom stereocenters. The minimum atomic E-state index is -0.0580. The Morgan fingerprint density at radius 1 is 1.61 bits per heavy atom. The van der Waals surface area contributed by atoms with Crippen molar-refractivity contribution in [2.45, 2.75) is 45.2 Å². The SMILES string of the molecule is CC(C)n1ccnc(N(CCC#N)C2CC2)c1=O. The minimum absolute atomic E-state index is 0.0580. The Labute approximate surface area is 107 Å². The van der Waals surface area contributed by atoms with Crippen LogP contribution in [-0.2, 0) is 0 Å². The van der Waals surface area contributed by atoms with Crippen molar-refractivity contribution in [3.63, 3.8) is 0 Å². The zero-order valence-electron chi connectivity index (χ0n) is 10.8. The molecule has 0 saturated heterocycles. The summed E-state index contributed by atoms with van der Waals surface area (Å²) in [4.78, 5) is 18.5. The van der Waals surface area contributed by atoms with Gasteiger partial charge in [0.25, 0.3) is 5.56 Å². The zero-order valence-corrected chi connectivity index (χ0v) is 10.8. The minimum Gasteiger partial charge on any atom is -0.348 e. The summed E-state index contributed by atoms with van der Waals surface area (Å²) in [6, 6.07) is 2.64. The van der Waals surface area contributed by atoms with Crippen LogP contribution in [0.25, 0.3) is 0 Å². The Kier molecular flexibility index (Phi) is 3.66. The van der Waals surface area contributed by atoms with Crippen LogP contribution in [0.2, 0.25) is 0 Å². The third kappa shape index (κ3) is 2.53. The molecule has 0 aromatic carbocycles. The van der Waals surface area contributed by atoms with Gasteiger partial charge in [-0.25, -0.2) is 4.98 Å². The molecule has 1 aliphatic carbocycles. The monoisotopic (exact) mass is 246 g/mol. The van der Waals surface area contributed by atoms with Crippen LogP contribution in [0.3, 0.4) is 0 Å². The maximum Gasteiger partial charge on any atom is 0.293 e. The molecule has 5 nitrogen and oxygen atoms in total. The van der Waals surface area contributed by atoms with E-state index in [0.29, 0.717) is 24.8 Å². The third-order valence-corrected chi connectivity index (χ3v) is 3.13. The highest BCUT2D eigenvalue weighted by atomic mass is 16.1. The van der Waals surface area contributed by atoms with Crippen molar-refractivity contribution in [1.29, 1.82) is 5.26 Å². The highest BCUT2D eigenvalue weighted by molar-refractivity contribution is 5.39. The van der Waals surface area contributed by atoms with E-state index in [1.807, 2.05) is 18.7 Å². The van der Waals surface area contributed by atoms with Gasteiger partial charge in [0.15, 0.2) is 5.82 Å². The molecule has 2 rings (SSSR count). The third-order valence-electron chi connectivity index (χ3n) is 3.13. The quantitative estimate of drug-likeness (QED) is 0.793. The van der Waals surface area contributed by atoms with Gasteiger partial charge in [-0.1, -0.05) is 0 Å². The Balaban J connectivity index is 2.33. The lowest BCUT2D eigenvalue weighted by Crippen LogP contribution is -2.36. The van der Waals surface area contributed by atoms with E-state index in [-0.39, 0.29) is 11.6 Å². The Morgan fingerprint density at radius 2 is 2.33 bits per heavy atom. The second-order valence-electron chi connectivity index (χ2n) is 4.89. The first-order chi connectivity index (χ1) is 8.65. The van der Waals surface area contributed by atoms with E-state index in [9.17, 15) is 4.79 Å². The number of aromatic nitrogens is 2. The van der Waals surface area contributed by atoms with Gasteiger partial charge in [-0.15, -0.1) is 0 Å². The molecular formula is C13H18N4O. The highest BCUT2D eigenvalue weighted by Gasteiger charge is 2.31. The van der Waals surface area contributed by atoms with Crippen LogP contribution in [0.15, 0.2) is 17.2 Å². The molecule has 0 amide bonds. The summed E-state index contributed by atoms with van der Waals surface area (Å²) in [6.07, 6.45) is 5.98. The van der Waals surface area contributed by atoms with E-state index in [1.165, 1.54) is 0 Å². The molecule has 1 aromatic rings. The predicted molar refractivity (Wildman–Crippen MR) is 69.5 cm³/mol. The fourth-order valence-corrected chi connectivity index (χ4v) is 2.04. The molecule has 0 radical (unpaired) electrons. The topological polar surface area (TPSA) is 61.9 Å². The van der Waals surface area contributed by atoms with Crippen molar-refractivity contribution in [3.05, 3.63) is 22.7 Å². The van der Waals surface area contributed by atoms with Crippen LogP contribution in [0, 0.1) is 11.3 Å². The smallest absolute Gasteiger partial charge is 0.293 e. The Morgan fingerprint density at radius 3 is 2.89 bits per heavy atom. The molecule has 1 fully saturated rings. The van der Waals surface area contributed by atoms with Crippen molar-refractivity contribution in [3.8, 4) is 6.07 Å². The molecule has 1 heterocycles. The van der Waals surface area contributed by atoms with Gasteiger partial charge in [-0.05, 0) is 26.7 Å². The maximum atomic E-state index is 12.3. The van der Waals surface area contributed by atoms with Gasteiger partial charge < -0.3 is 9.47 Å². The molecule has 0 aliphatic heterocycles. The summed E-state index contributed by atoms with van der Waals surface area (Å²) in [5, 5.41) is 8.70. The lowest BCUT2D eigenvalue weighted by molar-refractivity contribution is 0.570. The molecule has 0 spiro atoms. The van der Waals surface area contributed by atoms with Gasteiger partial charge in [0.05, 0.1) is 12.5 Å². The van der Waals surface area contributed by atoms with Gasteiger partial charge >= 0.3 is 0 Å². The Bertz CT molecular complexity index is 510. The average Bonchev–Trinajstić information content (AvgIpc) is 3.15. The first-order valence-corrected chi connectivity index (χ1v) is 6.36. The van der Waals surface area contributed by atoms with Crippen molar-refractivity contribution in [1.82, 2.24) is 9.55 Å². The molecule has 18 heavy (non-hydrogen) atoms. The van der Waals surface area contributed by atoms with Gasteiger partial charge in [-0.2, -0.15) is 5.26 Å². The fraction of sp³-hybridized carbons (Fsp3) is 0.615. The molecule has 1 aliphatic rings. The van der Waals surface area contributed by atoms with Crippen molar-refractivity contribution < 1.29 is 0 Å². The second-order valence-corrected chi connectivity index (χ2v) is 4.89. The van der Waals surface area contributed by atoms with E-state index in [2.05, 4.69) is 11.1 Å². The second kappa shape index (κ2) is 5.21. The van der Waals surface area contributed by atoms with Crippen molar-refractivity contribution in [2.24, 2.45) is 0 Å². The molecule has 0 atom stereocenters. The molecule has 1 aromatic heterocycles. The van der Waals surface area contributed by atoms with E-state index >= 15 is 0 Å². The lowest BCUT2D eigenvalue weighted by atomic mass is 10.3. The van der Waals surface area contributed by atoms with E-state index in [1.54, 1.807) is 17.0 Å². The summed E-state index contributed by atoms with van der Waals surface area (Å²) < 4.78 is 1.68. The molecule has 5 heteroatoms. The summed E-state index contributed by atoms with van der Waals surface area (Å²) in [6.45, 7) is 4.54. The first-order valence-electron chi connectivity index (χ1n) is 6.36. The van der Waals surface area contributed by atoms with E-state index < -0.39 is 0 Å². The van der Waals surface area contributed by atoms with E-state index in [4.69, 9.17) is 5.26 Å². The Hall–Kier alpha value is -1.83.